The molecule has 21 heavy (non-hydrogen) atoms. The largest absolute Gasteiger partial charge is 0.491 e. The van der Waals surface area contributed by atoms with Gasteiger partial charge in [-0.1, -0.05) is 18.2 Å². The molecule has 0 aliphatic rings. The van der Waals surface area contributed by atoms with Crippen molar-refractivity contribution in [2.45, 2.75) is 20.4 Å². The zero-order chi connectivity index (χ0) is 15.2. The van der Waals surface area contributed by atoms with Crippen LogP contribution in [0.25, 0.3) is 0 Å². The number of nitrogens with two attached hydrogens (primary N) is 1. The smallest absolute Gasteiger partial charge is 0.270 e. The summed E-state index contributed by atoms with van der Waals surface area (Å²) in [4.78, 5) is 16.0. The number of benzene rings is 1. The molecular formula is C15H19N3O2S. The first-order chi connectivity index (χ1) is 10.1. The van der Waals surface area contributed by atoms with Crippen LogP contribution in [0.5, 0.6) is 5.75 Å². The van der Waals surface area contributed by atoms with Crippen molar-refractivity contribution in [3.63, 3.8) is 0 Å². The monoisotopic (exact) mass is 305 g/mol. The van der Waals surface area contributed by atoms with Crippen LogP contribution in [0.4, 0.5) is 0 Å². The van der Waals surface area contributed by atoms with Gasteiger partial charge in [0.2, 0.25) is 0 Å². The summed E-state index contributed by atoms with van der Waals surface area (Å²) in [6, 6.07) is 6.01. The van der Waals surface area contributed by atoms with Gasteiger partial charge in [0.15, 0.2) is 0 Å². The lowest BCUT2D eigenvalue weighted by Gasteiger charge is -2.12. The lowest BCUT2D eigenvalue weighted by Crippen LogP contribution is -2.28. The van der Waals surface area contributed by atoms with Crippen LogP contribution in [0, 0.1) is 13.8 Å². The third-order valence-electron chi connectivity index (χ3n) is 3.00. The molecule has 0 unspecified atom stereocenters. The highest BCUT2D eigenvalue weighted by Crippen LogP contribution is 2.21. The number of ether oxygens (including phenoxy) is 1. The fourth-order valence-electron chi connectivity index (χ4n) is 1.94. The van der Waals surface area contributed by atoms with Gasteiger partial charge in [-0.05, 0) is 25.0 Å². The predicted molar refractivity (Wildman–Crippen MR) is 83.7 cm³/mol. The molecule has 6 heteroatoms. The molecule has 1 heterocycles. The van der Waals surface area contributed by atoms with Crippen LogP contribution in [0.3, 0.4) is 0 Å². The van der Waals surface area contributed by atoms with Crippen LogP contribution in [-0.2, 0) is 6.54 Å². The SMILES string of the molecule is Cc1cccc(C)c1OCCNC(=O)c1csc(CN)n1. The lowest BCUT2D eigenvalue weighted by molar-refractivity contribution is 0.0942. The van der Waals surface area contributed by atoms with E-state index in [4.69, 9.17) is 10.5 Å². The quantitative estimate of drug-likeness (QED) is 0.801. The normalized spacial score (nSPS) is 10.4. The first-order valence-electron chi connectivity index (χ1n) is 6.73. The van der Waals surface area contributed by atoms with Gasteiger partial charge in [-0.3, -0.25) is 4.79 Å². The minimum Gasteiger partial charge on any atom is -0.491 e. The standard InChI is InChI=1S/C15H19N3O2S/c1-10-4-3-5-11(2)14(10)20-7-6-17-15(19)12-9-21-13(8-16)18-12/h3-5,9H,6-8,16H2,1-2H3,(H,17,19). The number of aromatic nitrogens is 1. The Balaban J connectivity index is 1.80. The second-order valence-corrected chi connectivity index (χ2v) is 5.60. The van der Waals surface area contributed by atoms with E-state index in [1.54, 1.807) is 5.38 Å². The van der Waals surface area contributed by atoms with Crippen LogP contribution in [-0.4, -0.2) is 24.0 Å². The highest BCUT2D eigenvalue weighted by Gasteiger charge is 2.09. The first-order valence-corrected chi connectivity index (χ1v) is 7.61. The summed E-state index contributed by atoms with van der Waals surface area (Å²) in [7, 11) is 0. The molecule has 0 aliphatic heterocycles. The molecule has 1 amide bonds. The molecule has 3 N–H and O–H groups in total. The van der Waals surface area contributed by atoms with Gasteiger partial charge in [-0.25, -0.2) is 4.98 Å². The number of hydrogen-bond donors (Lipinski definition) is 2. The van der Waals surface area contributed by atoms with E-state index < -0.39 is 0 Å². The van der Waals surface area contributed by atoms with Crippen molar-refractivity contribution in [1.29, 1.82) is 0 Å². The summed E-state index contributed by atoms with van der Waals surface area (Å²) >= 11 is 1.39. The molecular weight excluding hydrogens is 286 g/mol. The molecule has 0 fully saturated rings. The van der Waals surface area contributed by atoms with Crippen LogP contribution in [0.15, 0.2) is 23.6 Å². The van der Waals surface area contributed by atoms with Crippen LogP contribution >= 0.6 is 11.3 Å². The number of para-hydroxylation sites is 1. The average molecular weight is 305 g/mol. The zero-order valence-electron chi connectivity index (χ0n) is 12.2. The Hall–Kier alpha value is -1.92. The maximum Gasteiger partial charge on any atom is 0.270 e. The van der Waals surface area contributed by atoms with Gasteiger partial charge >= 0.3 is 0 Å². The van der Waals surface area contributed by atoms with E-state index in [1.165, 1.54) is 11.3 Å². The molecule has 0 spiro atoms. The number of nitrogens with one attached hydrogen (secondary N) is 1. The third kappa shape index (κ3) is 4.03. The van der Waals surface area contributed by atoms with E-state index in [9.17, 15) is 4.79 Å². The van der Waals surface area contributed by atoms with Gasteiger partial charge in [-0.15, -0.1) is 11.3 Å². The number of aryl methyl sites for hydroxylation is 2. The van der Waals surface area contributed by atoms with Gasteiger partial charge in [0.05, 0.1) is 6.54 Å². The molecule has 5 nitrogen and oxygen atoms in total. The minimum absolute atomic E-state index is 0.198. The first kappa shape index (κ1) is 15.5. The van der Waals surface area contributed by atoms with Crippen molar-refractivity contribution in [3.05, 3.63) is 45.4 Å². The molecule has 112 valence electrons. The molecule has 0 atom stereocenters. The van der Waals surface area contributed by atoms with E-state index in [0.717, 1.165) is 21.9 Å². The van der Waals surface area contributed by atoms with E-state index in [-0.39, 0.29) is 5.91 Å². The summed E-state index contributed by atoms with van der Waals surface area (Å²) in [5, 5.41) is 5.25. The number of carbonyl (C=O) groups is 1. The Bertz CT molecular complexity index is 605. The maximum atomic E-state index is 11.9. The number of hydrogen-bond acceptors (Lipinski definition) is 5. The predicted octanol–water partition coefficient (Wildman–Crippen LogP) is 2.03. The summed E-state index contributed by atoms with van der Waals surface area (Å²) in [5.41, 5.74) is 8.07. The summed E-state index contributed by atoms with van der Waals surface area (Å²) < 4.78 is 5.73. The average Bonchev–Trinajstić information content (AvgIpc) is 2.95. The van der Waals surface area contributed by atoms with Crippen molar-refractivity contribution in [3.8, 4) is 5.75 Å². The summed E-state index contributed by atoms with van der Waals surface area (Å²) in [6.45, 7) is 5.22. The molecule has 2 aromatic rings. The van der Waals surface area contributed by atoms with E-state index >= 15 is 0 Å². The van der Waals surface area contributed by atoms with Crippen molar-refractivity contribution < 1.29 is 9.53 Å². The Morgan fingerprint density at radius 1 is 1.38 bits per heavy atom. The maximum absolute atomic E-state index is 11.9. The van der Waals surface area contributed by atoms with Gasteiger partial charge < -0.3 is 15.8 Å². The Morgan fingerprint density at radius 2 is 2.10 bits per heavy atom. The molecule has 2 rings (SSSR count). The van der Waals surface area contributed by atoms with Gasteiger partial charge in [0.25, 0.3) is 5.91 Å². The lowest BCUT2D eigenvalue weighted by atomic mass is 10.1. The number of rotatable bonds is 6. The van der Waals surface area contributed by atoms with Crippen LogP contribution < -0.4 is 15.8 Å². The highest BCUT2D eigenvalue weighted by atomic mass is 32.1. The molecule has 0 saturated carbocycles. The van der Waals surface area contributed by atoms with Gasteiger partial charge in [0.1, 0.15) is 23.1 Å². The Morgan fingerprint density at radius 3 is 2.71 bits per heavy atom. The highest BCUT2D eigenvalue weighted by molar-refractivity contribution is 7.09. The number of nitrogens with zero attached hydrogens (tertiary/aromatic N) is 1. The minimum atomic E-state index is -0.198. The zero-order valence-corrected chi connectivity index (χ0v) is 13.0. The molecule has 1 aromatic carbocycles. The third-order valence-corrected chi connectivity index (χ3v) is 3.87. The van der Waals surface area contributed by atoms with Gasteiger partial charge in [-0.2, -0.15) is 0 Å². The number of thiazole rings is 1. The Labute approximate surface area is 128 Å². The molecule has 0 aliphatic carbocycles. The fraction of sp³-hybridized carbons (Fsp3) is 0.333. The second kappa shape index (κ2) is 7.19. The van der Waals surface area contributed by atoms with Crippen molar-refractivity contribution in [1.82, 2.24) is 10.3 Å². The van der Waals surface area contributed by atoms with Crippen molar-refractivity contribution in [2.75, 3.05) is 13.2 Å². The second-order valence-electron chi connectivity index (χ2n) is 4.66. The van der Waals surface area contributed by atoms with Crippen molar-refractivity contribution >= 4 is 17.2 Å². The fourth-order valence-corrected chi connectivity index (χ4v) is 2.60. The number of carbonyl (C=O) groups excluding carboxylic acids is 1. The van der Waals surface area contributed by atoms with Crippen LogP contribution in [0.1, 0.15) is 26.6 Å². The summed E-state index contributed by atoms with van der Waals surface area (Å²) in [5.74, 6) is 0.682. The molecule has 0 saturated heterocycles. The van der Waals surface area contributed by atoms with E-state index in [1.807, 2.05) is 32.0 Å². The molecule has 1 aromatic heterocycles. The molecule has 0 bridgehead atoms. The van der Waals surface area contributed by atoms with E-state index in [0.29, 0.717) is 25.4 Å². The Kier molecular flexibility index (Phi) is 5.30. The van der Waals surface area contributed by atoms with Crippen LogP contribution in [0.2, 0.25) is 0 Å². The van der Waals surface area contributed by atoms with Gasteiger partial charge in [0, 0.05) is 11.9 Å². The van der Waals surface area contributed by atoms with Crippen molar-refractivity contribution in [2.24, 2.45) is 5.73 Å². The summed E-state index contributed by atoms with van der Waals surface area (Å²) in [6.07, 6.45) is 0. The van der Waals surface area contributed by atoms with E-state index in [2.05, 4.69) is 10.3 Å². The topological polar surface area (TPSA) is 77.2 Å². The number of amides is 1. The molecule has 0 radical (unpaired) electrons.